The Morgan fingerprint density at radius 3 is 2.58 bits per heavy atom. The van der Waals surface area contributed by atoms with Crippen LogP contribution in [0.15, 0.2) is 0 Å². The summed E-state index contributed by atoms with van der Waals surface area (Å²) in [7, 11) is 2.28. The number of hydrogen-bond donors (Lipinski definition) is 2. The van der Waals surface area contributed by atoms with Gasteiger partial charge < -0.3 is 24.8 Å². The second-order valence-corrected chi connectivity index (χ2v) is 3.66. The minimum atomic E-state index is -1.18. The third-order valence-electron chi connectivity index (χ3n) is 2.39. The fraction of sp³-hybridized carbons (Fsp3) is 0.600. The van der Waals surface area contributed by atoms with E-state index in [1.54, 1.807) is 0 Å². The zero-order valence-corrected chi connectivity index (χ0v) is 10.4. The number of carbonyl (C=O) groups is 4. The highest BCUT2D eigenvalue weighted by molar-refractivity contribution is 5.92. The highest BCUT2D eigenvalue weighted by Crippen LogP contribution is 2.02. The van der Waals surface area contributed by atoms with Crippen LogP contribution in [0.25, 0.3) is 0 Å². The number of esters is 2. The van der Waals surface area contributed by atoms with Gasteiger partial charge in [-0.3, -0.25) is 9.59 Å². The second kappa shape index (κ2) is 6.57. The monoisotopic (exact) mass is 274 g/mol. The number of ether oxygens (including phenoxy) is 3. The summed E-state index contributed by atoms with van der Waals surface area (Å²) < 4.78 is 13.4. The van der Waals surface area contributed by atoms with E-state index in [2.05, 4.69) is 24.8 Å². The van der Waals surface area contributed by atoms with E-state index in [1.807, 2.05) is 0 Å². The van der Waals surface area contributed by atoms with Crippen molar-refractivity contribution in [2.45, 2.75) is 18.5 Å². The number of alkyl carbamates (subject to hydrolysis) is 1. The molecule has 2 N–H and O–H groups in total. The molecule has 2 atom stereocenters. The molecule has 0 unspecified atom stereocenters. The maximum atomic E-state index is 11.7. The fourth-order valence-corrected chi connectivity index (χ4v) is 1.38. The van der Waals surface area contributed by atoms with Gasteiger partial charge in [-0.25, -0.2) is 9.59 Å². The van der Waals surface area contributed by atoms with Crippen LogP contribution in [0.1, 0.15) is 6.42 Å². The van der Waals surface area contributed by atoms with Crippen LogP contribution in [-0.4, -0.2) is 56.8 Å². The van der Waals surface area contributed by atoms with Crippen molar-refractivity contribution < 1.29 is 33.4 Å². The van der Waals surface area contributed by atoms with E-state index >= 15 is 0 Å². The summed E-state index contributed by atoms with van der Waals surface area (Å²) in [5.41, 5.74) is 0. The molecule has 0 saturated carbocycles. The van der Waals surface area contributed by atoms with Gasteiger partial charge in [0, 0.05) is 0 Å². The lowest BCUT2D eigenvalue weighted by molar-refractivity contribution is -0.150. The van der Waals surface area contributed by atoms with Crippen LogP contribution in [0.2, 0.25) is 0 Å². The number of hydrogen-bond acceptors (Lipinski definition) is 7. The van der Waals surface area contributed by atoms with Crippen molar-refractivity contribution in [1.82, 2.24) is 10.6 Å². The van der Waals surface area contributed by atoms with E-state index in [9.17, 15) is 19.2 Å². The summed E-state index contributed by atoms with van der Waals surface area (Å²) in [5, 5.41) is 4.53. The van der Waals surface area contributed by atoms with E-state index in [0.29, 0.717) is 0 Å². The molecule has 19 heavy (non-hydrogen) atoms. The molecular weight excluding hydrogens is 260 g/mol. The molecule has 0 aromatic heterocycles. The molecule has 1 rings (SSSR count). The van der Waals surface area contributed by atoms with Gasteiger partial charge in [0.1, 0.15) is 18.7 Å². The molecule has 0 bridgehead atoms. The first-order valence-electron chi connectivity index (χ1n) is 5.36. The molecule has 9 heteroatoms. The van der Waals surface area contributed by atoms with Gasteiger partial charge in [0.2, 0.25) is 5.91 Å². The Morgan fingerprint density at radius 2 is 2.11 bits per heavy atom. The molecule has 2 amide bonds. The number of rotatable bonds is 5. The van der Waals surface area contributed by atoms with Gasteiger partial charge in [-0.15, -0.1) is 0 Å². The van der Waals surface area contributed by atoms with Crippen molar-refractivity contribution in [3.8, 4) is 0 Å². The lowest BCUT2D eigenvalue weighted by Gasteiger charge is -2.17. The Labute approximate surface area is 108 Å². The summed E-state index contributed by atoms with van der Waals surface area (Å²) in [6, 6.07) is -2.08. The zero-order valence-electron chi connectivity index (χ0n) is 10.4. The summed E-state index contributed by atoms with van der Waals surface area (Å²) in [5.74, 6) is -2.11. The summed E-state index contributed by atoms with van der Waals surface area (Å²) >= 11 is 0. The van der Waals surface area contributed by atoms with E-state index in [1.165, 1.54) is 0 Å². The molecule has 1 saturated heterocycles. The minimum Gasteiger partial charge on any atom is -0.469 e. The van der Waals surface area contributed by atoms with Gasteiger partial charge in [0.15, 0.2) is 0 Å². The molecule has 0 aromatic carbocycles. The number of amides is 2. The quantitative estimate of drug-likeness (QED) is 0.453. The summed E-state index contributed by atoms with van der Waals surface area (Å²) in [6.45, 7) is -0.142. The lowest BCUT2D eigenvalue weighted by Crippen LogP contribution is -2.50. The molecule has 1 heterocycles. The average Bonchev–Trinajstić information content (AvgIpc) is 2.83. The zero-order chi connectivity index (χ0) is 14.4. The first-order chi connectivity index (χ1) is 8.97. The maximum Gasteiger partial charge on any atom is 0.407 e. The Bertz CT molecular complexity index is 395. The van der Waals surface area contributed by atoms with Crippen molar-refractivity contribution in [3.63, 3.8) is 0 Å². The maximum absolute atomic E-state index is 11.7. The van der Waals surface area contributed by atoms with Gasteiger partial charge in [0.05, 0.1) is 20.6 Å². The molecule has 1 fully saturated rings. The van der Waals surface area contributed by atoms with Crippen molar-refractivity contribution in [1.29, 1.82) is 0 Å². The Balaban J connectivity index is 2.61. The standard InChI is InChI=1S/C10H14N2O7/c1-17-7(13)3-5(9(15)18-2)11-8(14)6-4-19-10(16)12-6/h5-6H,3-4H2,1-2H3,(H,11,14)(H,12,16)/t5-,6+/m0/s1. The third kappa shape index (κ3) is 4.12. The van der Waals surface area contributed by atoms with Gasteiger partial charge in [-0.1, -0.05) is 0 Å². The molecular formula is C10H14N2O7. The van der Waals surface area contributed by atoms with Crippen LogP contribution in [-0.2, 0) is 28.6 Å². The van der Waals surface area contributed by atoms with Gasteiger partial charge in [-0.05, 0) is 0 Å². The predicted molar refractivity (Wildman–Crippen MR) is 58.9 cm³/mol. The van der Waals surface area contributed by atoms with Crippen LogP contribution < -0.4 is 10.6 Å². The van der Waals surface area contributed by atoms with E-state index in [-0.39, 0.29) is 13.0 Å². The van der Waals surface area contributed by atoms with Crippen LogP contribution in [0, 0.1) is 0 Å². The topological polar surface area (TPSA) is 120 Å². The normalized spacial score (nSPS) is 18.8. The average molecular weight is 274 g/mol. The van der Waals surface area contributed by atoms with Crippen LogP contribution >= 0.6 is 0 Å². The van der Waals surface area contributed by atoms with Crippen LogP contribution in [0.5, 0.6) is 0 Å². The number of cyclic esters (lactones) is 1. The Hall–Kier alpha value is -2.32. The summed E-state index contributed by atoms with van der Waals surface area (Å²) in [4.78, 5) is 45.0. The Morgan fingerprint density at radius 1 is 1.42 bits per heavy atom. The largest absolute Gasteiger partial charge is 0.469 e. The molecule has 9 nitrogen and oxygen atoms in total. The Kier molecular flexibility index (Phi) is 5.10. The molecule has 0 aliphatic carbocycles. The molecule has 0 spiro atoms. The molecule has 0 aromatic rings. The lowest BCUT2D eigenvalue weighted by atomic mass is 10.2. The minimum absolute atomic E-state index is 0.142. The van der Waals surface area contributed by atoms with Crippen molar-refractivity contribution in [2.24, 2.45) is 0 Å². The van der Waals surface area contributed by atoms with E-state index < -0.39 is 36.0 Å². The smallest absolute Gasteiger partial charge is 0.407 e. The SMILES string of the molecule is COC(=O)C[C@H](NC(=O)[C@H]1COC(=O)N1)C(=O)OC. The predicted octanol–water partition coefficient (Wildman–Crippen LogP) is -1.68. The van der Waals surface area contributed by atoms with Gasteiger partial charge in [-0.2, -0.15) is 0 Å². The number of carbonyl (C=O) groups excluding carboxylic acids is 4. The molecule has 106 valence electrons. The third-order valence-corrected chi connectivity index (χ3v) is 2.39. The molecule has 1 aliphatic heterocycles. The first-order valence-corrected chi connectivity index (χ1v) is 5.36. The number of nitrogens with one attached hydrogen (secondary N) is 2. The molecule has 0 radical (unpaired) electrons. The van der Waals surface area contributed by atoms with Crippen molar-refractivity contribution in [2.75, 3.05) is 20.8 Å². The van der Waals surface area contributed by atoms with E-state index in [4.69, 9.17) is 0 Å². The highest BCUT2D eigenvalue weighted by atomic mass is 16.6. The van der Waals surface area contributed by atoms with Crippen LogP contribution in [0.4, 0.5) is 4.79 Å². The van der Waals surface area contributed by atoms with Gasteiger partial charge >= 0.3 is 18.0 Å². The highest BCUT2D eigenvalue weighted by Gasteiger charge is 2.33. The van der Waals surface area contributed by atoms with Crippen LogP contribution in [0.3, 0.4) is 0 Å². The fourth-order valence-electron chi connectivity index (χ4n) is 1.38. The number of methoxy groups -OCH3 is 2. The summed E-state index contributed by atoms with van der Waals surface area (Å²) in [6.07, 6.45) is -1.08. The van der Waals surface area contributed by atoms with E-state index in [0.717, 1.165) is 14.2 Å². The van der Waals surface area contributed by atoms with Crippen molar-refractivity contribution in [3.05, 3.63) is 0 Å². The van der Waals surface area contributed by atoms with Crippen molar-refractivity contribution >= 4 is 23.9 Å². The first kappa shape index (κ1) is 14.7. The second-order valence-electron chi connectivity index (χ2n) is 3.66. The molecule has 1 aliphatic rings. The van der Waals surface area contributed by atoms with Gasteiger partial charge in [0.25, 0.3) is 0 Å².